The Morgan fingerprint density at radius 3 is 2.33 bits per heavy atom. The maximum absolute atomic E-state index is 13.4. The SMILES string of the molecule is O=C(NO)OC1C2CCCCC2CCN1S(=O)(=O)c1ccc(-c2ccccc2)cc1. The number of hydrogen-bond acceptors (Lipinski definition) is 5. The number of hydrogen-bond donors (Lipinski definition) is 2. The molecule has 0 radical (unpaired) electrons. The van der Waals surface area contributed by atoms with Gasteiger partial charge in [-0.15, -0.1) is 0 Å². The highest BCUT2D eigenvalue weighted by Gasteiger charge is 2.46. The van der Waals surface area contributed by atoms with Crippen molar-refractivity contribution in [3.63, 3.8) is 0 Å². The van der Waals surface area contributed by atoms with Gasteiger partial charge in [0.15, 0.2) is 6.23 Å². The Labute approximate surface area is 176 Å². The van der Waals surface area contributed by atoms with E-state index in [1.165, 1.54) is 9.79 Å². The van der Waals surface area contributed by atoms with E-state index in [0.717, 1.165) is 43.2 Å². The van der Waals surface area contributed by atoms with Crippen molar-refractivity contribution < 1.29 is 23.2 Å². The van der Waals surface area contributed by atoms with Crippen molar-refractivity contribution in [1.82, 2.24) is 9.79 Å². The molecule has 0 spiro atoms. The number of nitrogens with zero attached hydrogens (tertiary/aromatic N) is 1. The highest BCUT2D eigenvalue weighted by atomic mass is 32.2. The summed E-state index contributed by atoms with van der Waals surface area (Å²) in [7, 11) is -3.87. The van der Waals surface area contributed by atoms with E-state index in [1.54, 1.807) is 24.3 Å². The maximum atomic E-state index is 13.4. The van der Waals surface area contributed by atoms with E-state index < -0.39 is 22.3 Å². The summed E-state index contributed by atoms with van der Waals surface area (Å²) < 4.78 is 33.5. The molecule has 3 unspecified atom stereocenters. The van der Waals surface area contributed by atoms with Crippen molar-refractivity contribution in [2.75, 3.05) is 6.54 Å². The molecule has 0 bridgehead atoms. The van der Waals surface area contributed by atoms with Crippen LogP contribution in [0.15, 0.2) is 59.5 Å². The van der Waals surface area contributed by atoms with E-state index >= 15 is 0 Å². The number of rotatable bonds is 4. The average Bonchev–Trinajstić information content (AvgIpc) is 2.79. The number of sulfonamides is 1. The van der Waals surface area contributed by atoms with Crippen LogP contribution in [0.4, 0.5) is 4.79 Å². The van der Waals surface area contributed by atoms with Gasteiger partial charge in [-0.1, -0.05) is 55.3 Å². The quantitative estimate of drug-likeness (QED) is 0.565. The summed E-state index contributed by atoms with van der Waals surface area (Å²) >= 11 is 0. The van der Waals surface area contributed by atoms with Gasteiger partial charge >= 0.3 is 6.09 Å². The summed E-state index contributed by atoms with van der Waals surface area (Å²) in [6.45, 7) is 0.285. The summed E-state index contributed by atoms with van der Waals surface area (Å²) in [6.07, 6.45) is 2.67. The molecule has 1 heterocycles. The van der Waals surface area contributed by atoms with Crippen LogP contribution >= 0.6 is 0 Å². The van der Waals surface area contributed by atoms with E-state index in [1.807, 2.05) is 30.3 Å². The lowest BCUT2D eigenvalue weighted by Crippen LogP contribution is -2.54. The topological polar surface area (TPSA) is 95.9 Å². The molecule has 2 aliphatic rings. The van der Waals surface area contributed by atoms with E-state index in [-0.39, 0.29) is 17.4 Å². The summed E-state index contributed by atoms with van der Waals surface area (Å²) in [4.78, 5) is 11.9. The third kappa shape index (κ3) is 4.08. The van der Waals surface area contributed by atoms with Crippen LogP contribution in [0, 0.1) is 11.8 Å². The van der Waals surface area contributed by atoms with Gasteiger partial charge < -0.3 is 4.74 Å². The van der Waals surface area contributed by atoms with Crippen molar-refractivity contribution in [2.45, 2.75) is 43.2 Å². The smallest absolute Gasteiger partial charge is 0.427 e. The number of nitrogens with one attached hydrogen (secondary N) is 1. The van der Waals surface area contributed by atoms with Gasteiger partial charge in [-0.2, -0.15) is 4.31 Å². The first-order chi connectivity index (χ1) is 14.5. The molecule has 1 saturated heterocycles. The normalized spacial score (nSPS) is 24.6. The minimum atomic E-state index is -3.87. The van der Waals surface area contributed by atoms with Crippen LogP contribution in [0.3, 0.4) is 0 Å². The molecule has 1 aliphatic carbocycles. The predicted octanol–water partition coefficient (Wildman–Crippen LogP) is 4.00. The van der Waals surface area contributed by atoms with E-state index in [0.29, 0.717) is 5.92 Å². The molecular formula is C22H26N2O5S. The number of piperidine rings is 1. The number of carbonyl (C=O) groups is 1. The van der Waals surface area contributed by atoms with Gasteiger partial charge in [-0.25, -0.2) is 18.7 Å². The van der Waals surface area contributed by atoms with Crippen LogP contribution in [0.1, 0.15) is 32.1 Å². The number of ether oxygens (including phenoxy) is 1. The van der Waals surface area contributed by atoms with Crippen LogP contribution in [0.2, 0.25) is 0 Å². The van der Waals surface area contributed by atoms with E-state index in [9.17, 15) is 13.2 Å². The molecule has 2 fully saturated rings. The zero-order chi connectivity index (χ0) is 21.1. The van der Waals surface area contributed by atoms with Crippen LogP contribution in [-0.2, 0) is 14.8 Å². The predicted molar refractivity (Wildman–Crippen MR) is 111 cm³/mol. The van der Waals surface area contributed by atoms with Crippen molar-refractivity contribution in [1.29, 1.82) is 0 Å². The number of carbonyl (C=O) groups excluding carboxylic acids is 1. The van der Waals surface area contributed by atoms with Crippen molar-refractivity contribution >= 4 is 16.1 Å². The second-order valence-corrected chi connectivity index (χ2v) is 9.80. The van der Waals surface area contributed by atoms with Crippen LogP contribution < -0.4 is 5.48 Å². The van der Waals surface area contributed by atoms with Gasteiger partial charge in [0.05, 0.1) is 4.90 Å². The minimum Gasteiger partial charge on any atom is -0.427 e. The fourth-order valence-corrected chi connectivity index (χ4v) is 6.30. The van der Waals surface area contributed by atoms with Gasteiger partial charge in [0.25, 0.3) is 0 Å². The largest absolute Gasteiger partial charge is 0.432 e. The molecule has 2 N–H and O–H groups in total. The molecule has 3 atom stereocenters. The van der Waals surface area contributed by atoms with Gasteiger partial charge in [-0.05, 0) is 48.4 Å². The molecule has 160 valence electrons. The summed E-state index contributed by atoms with van der Waals surface area (Å²) in [5.74, 6) is 0.255. The van der Waals surface area contributed by atoms with Crippen LogP contribution in [0.5, 0.6) is 0 Å². The Kier molecular flexibility index (Phi) is 6.08. The highest BCUT2D eigenvalue weighted by Crippen LogP contribution is 2.42. The second-order valence-electron chi connectivity index (χ2n) is 7.91. The fourth-order valence-electron chi connectivity index (χ4n) is 4.73. The highest BCUT2D eigenvalue weighted by molar-refractivity contribution is 7.89. The third-order valence-corrected chi connectivity index (χ3v) is 8.10. The number of hydroxylamine groups is 1. The summed E-state index contributed by atoms with van der Waals surface area (Å²) in [6, 6.07) is 16.5. The van der Waals surface area contributed by atoms with Gasteiger partial charge in [0.2, 0.25) is 10.0 Å². The van der Waals surface area contributed by atoms with Crippen molar-refractivity contribution in [3.8, 4) is 11.1 Å². The summed E-state index contributed by atoms with van der Waals surface area (Å²) in [5.41, 5.74) is 3.39. The van der Waals surface area contributed by atoms with Gasteiger partial charge in [0.1, 0.15) is 0 Å². The number of benzene rings is 2. The lowest BCUT2D eigenvalue weighted by molar-refractivity contribution is -0.0756. The maximum Gasteiger partial charge on any atom is 0.432 e. The Bertz CT molecular complexity index is 978. The molecule has 2 aromatic rings. The molecule has 8 heteroatoms. The number of amides is 1. The summed E-state index contributed by atoms with van der Waals surface area (Å²) in [5, 5.41) is 8.91. The first-order valence-corrected chi connectivity index (χ1v) is 11.7. The lowest BCUT2D eigenvalue weighted by atomic mass is 9.74. The first-order valence-electron chi connectivity index (χ1n) is 10.3. The Balaban J connectivity index is 1.63. The first kappa shape index (κ1) is 20.8. The standard InChI is InChI=1S/C22H26N2O5S/c25-22(23-26)29-21-20-9-5-4-8-18(20)14-15-24(21)30(27,28)19-12-10-17(11-13-19)16-6-2-1-3-7-16/h1-3,6-7,10-13,18,20-21,26H,4-5,8-9,14-15H2,(H,23,25). The van der Waals surface area contributed by atoms with Crippen molar-refractivity contribution in [2.24, 2.45) is 11.8 Å². The number of fused-ring (bicyclic) bond motifs is 1. The average molecular weight is 431 g/mol. The second kappa shape index (κ2) is 8.75. The molecule has 4 rings (SSSR count). The van der Waals surface area contributed by atoms with Crippen LogP contribution in [0.25, 0.3) is 11.1 Å². The Morgan fingerprint density at radius 2 is 1.63 bits per heavy atom. The zero-order valence-electron chi connectivity index (χ0n) is 16.6. The van der Waals surface area contributed by atoms with E-state index in [4.69, 9.17) is 9.94 Å². The molecular weight excluding hydrogens is 404 g/mol. The molecule has 30 heavy (non-hydrogen) atoms. The fraction of sp³-hybridized carbons (Fsp3) is 0.409. The van der Waals surface area contributed by atoms with Crippen molar-refractivity contribution in [3.05, 3.63) is 54.6 Å². The third-order valence-electron chi connectivity index (χ3n) is 6.23. The molecule has 1 saturated carbocycles. The Morgan fingerprint density at radius 1 is 0.967 bits per heavy atom. The Hall–Kier alpha value is -2.42. The molecule has 7 nitrogen and oxygen atoms in total. The zero-order valence-corrected chi connectivity index (χ0v) is 17.4. The molecule has 0 aromatic heterocycles. The van der Waals surface area contributed by atoms with E-state index in [2.05, 4.69) is 0 Å². The molecule has 1 aliphatic heterocycles. The lowest BCUT2D eigenvalue weighted by Gasteiger charge is -2.45. The van der Waals surface area contributed by atoms with Gasteiger partial charge in [0, 0.05) is 12.5 Å². The molecule has 2 aromatic carbocycles. The van der Waals surface area contributed by atoms with Gasteiger partial charge in [-0.3, -0.25) is 5.21 Å². The monoisotopic (exact) mass is 430 g/mol. The molecule has 1 amide bonds. The minimum absolute atomic E-state index is 0.0665. The van der Waals surface area contributed by atoms with Crippen LogP contribution in [-0.4, -0.2) is 36.8 Å².